The number of halogens is 3. The Balaban J connectivity index is 1.35. The van der Waals surface area contributed by atoms with E-state index in [0.717, 1.165) is 4.68 Å². The highest BCUT2D eigenvalue weighted by Gasteiger charge is 2.47. The van der Waals surface area contributed by atoms with Crippen molar-refractivity contribution in [3.05, 3.63) is 35.5 Å². The van der Waals surface area contributed by atoms with Gasteiger partial charge in [0.15, 0.2) is 23.2 Å². The summed E-state index contributed by atoms with van der Waals surface area (Å²) in [7, 11) is 0. The molecule has 1 N–H and O–H groups in total. The van der Waals surface area contributed by atoms with Crippen molar-refractivity contribution in [2.75, 3.05) is 44.9 Å². The number of aromatic nitrogens is 2. The van der Waals surface area contributed by atoms with E-state index in [-0.39, 0.29) is 57.5 Å². The molecule has 1 saturated heterocycles. The van der Waals surface area contributed by atoms with E-state index in [9.17, 15) is 22.8 Å². The smallest absolute Gasteiger partial charge is 0.410 e. The highest BCUT2D eigenvalue weighted by molar-refractivity contribution is 5.93. The molecule has 1 aromatic heterocycles. The van der Waals surface area contributed by atoms with E-state index in [1.54, 1.807) is 25.1 Å². The van der Waals surface area contributed by atoms with Crippen LogP contribution in [0.15, 0.2) is 24.3 Å². The first-order valence-electron chi connectivity index (χ1n) is 11.3. The zero-order chi connectivity index (χ0) is 24.7. The van der Waals surface area contributed by atoms with Gasteiger partial charge < -0.3 is 29.3 Å². The zero-order valence-electron chi connectivity index (χ0n) is 18.9. The number of hydrogen-bond acceptors (Lipinski definition) is 7. The number of carbonyl (C=O) groups excluding carboxylic acids is 2. The van der Waals surface area contributed by atoms with Gasteiger partial charge in [0.25, 0.3) is 5.91 Å². The van der Waals surface area contributed by atoms with Crippen LogP contribution in [-0.4, -0.2) is 77.3 Å². The first kappa shape index (κ1) is 23.1. The average Bonchev–Trinajstić information content (AvgIpc) is 3.49. The SMILES string of the molecule is CCOC(=O)N1CCN(C(=O)c2cc3n(n2)[C@H](C(F)(F)F)C[C@H](c2ccc4c(c2)OCO4)N3)CC1. The summed E-state index contributed by atoms with van der Waals surface area (Å²) < 4.78 is 58.4. The highest BCUT2D eigenvalue weighted by Crippen LogP contribution is 2.45. The lowest BCUT2D eigenvalue weighted by molar-refractivity contribution is -0.173. The van der Waals surface area contributed by atoms with Crippen molar-refractivity contribution in [2.24, 2.45) is 0 Å². The number of amides is 2. The molecule has 3 aliphatic rings. The number of alkyl halides is 3. The number of benzene rings is 1. The van der Waals surface area contributed by atoms with Crippen molar-refractivity contribution in [1.82, 2.24) is 19.6 Å². The molecule has 2 aromatic rings. The molecule has 0 bridgehead atoms. The van der Waals surface area contributed by atoms with E-state index in [0.29, 0.717) is 17.1 Å². The van der Waals surface area contributed by atoms with E-state index in [1.165, 1.54) is 15.9 Å². The molecule has 0 spiro atoms. The Morgan fingerprint density at radius 1 is 1.11 bits per heavy atom. The summed E-state index contributed by atoms with van der Waals surface area (Å²) in [6.45, 7) is 3.03. The lowest BCUT2D eigenvalue weighted by atomic mass is 9.96. The minimum Gasteiger partial charge on any atom is -0.454 e. The number of anilines is 1. The Morgan fingerprint density at radius 2 is 1.83 bits per heavy atom. The molecule has 3 aliphatic heterocycles. The molecule has 4 heterocycles. The average molecular weight is 495 g/mol. The van der Waals surface area contributed by atoms with Gasteiger partial charge in [-0.15, -0.1) is 0 Å². The number of ether oxygens (including phenoxy) is 3. The minimum atomic E-state index is -4.57. The van der Waals surface area contributed by atoms with Crippen LogP contribution in [0, 0.1) is 0 Å². The second kappa shape index (κ2) is 8.86. The van der Waals surface area contributed by atoms with Gasteiger partial charge in [0.1, 0.15) is 5.82 Å². The van der Waals surface area contributed by atoms with E-state index in [4.69, 9.17) is 14.2 Å². The summed E-state index contributed by atoms with van der Waals surface area (Å²) in [5, 5.41) is 7.12. The van der Waals surface area contributed by atoms with Gasteiger partial charge in [-0.05, 0) is 24.6 Å². The number of hydrogen-bond donors (Lipinski definition) is 1. The molecule has 35 heavy (non-hydrogen) atoms. The molecule has 0 radical (unpaired) electrons. The fourth-order valence-corrected chi connectivity index (χ4v) is 4.50. The van der Waals surface area contributed by atoms with E-state index in [1.807, 2.05) is 0 Å². The summed E-state index contributed by atoms with van der Waals surface area (Å²) in [5.41, 5.74) is 0.525. The molecule has 188 valence electrons. The van der Waals surface area contributed by atoms with Crippen LogP contribution in [0.4, 0.5) is 23.8 Å². The normalized spacial score (nSPS) is 21.4. The van der Waals surface area contributed by atoms with E-state index in [2.05, 4.69) is 10.4 Å². The van der Waals surface area contributed by atoms with Gasteiger partial charge >= 0.3 is 12.3 Å². The molecule has 10 nitrogen and oxygen atoms in total. The molecule has 0 saturated carbocycles. The lowest BCUT2D eigenvalue weighted by Gasteiger charge is -2.33. The zero-order valence-corrected chi connectivity index (χ0v) is 18.9. The van der Waals surface area contributed by atoms with Gasteiger partial charge in [-0.1, -0.05) is 6.07 Å². The summed E-state index contributed by atoms with van der Waals surface area (Å²) >= 11 is 0. The predicted molar refractivity (Wildman–Crippen MR) is 115 cm³/mol. The molecule has 2 atom stereocenters. The quantitative estimate of drug-likeness (QED) is 0.699. The lowest BCUT2D eigenvalue weighted by Crippen LogP contribution is -2.50. The maximum absolute atomic E-state index is 14.0. The summed E-state index contributed by atoms with van der Waals surface area (Å²) in [6.07, 6.45) is -5.32. The third kappa shape index (κ3) is 4.42. The molecule has 1 fully saturated rings. The number of carbonyl (C=O) groups is 2. The Morgan fingerprint density at radius 3 is 2.54 bits per heavy atom. The topological polar surface area (TPSA) is 98.2 Å². The largest absolute Gasteiger partial charge is 0.454 e. The van der Waals surface area contributed by atoms with Gasteiger partial charge in [-0.3, -0.25) is 4.79 Å². The van der Waals surface area contributed by atoms with E-state index >= 15 is 0 Å². The third-order valence-corrected chi connectivity index (χ3v) is 6.30. The second-order valence-electron chi connectivity index (χ2n) is 8.44. The molecule has 0 unspecified atom stereocenters. The highest BCUT2D eigenvalue weighted by atomic mass is 19.4. The maximum atomic E-state index is 14.0. The van der Waals surface area contributed by atoms with Crippen LogP contribution >= 0.6 is 0 Å². The number of piperazine rings is 1. The summed E-state index contributed by atoms with van der Waals surface area (Å²) in [5.74, 6) is 0.634. The van der Waals surface area contributed by atoms with Gasteiger partial charge in [-0.25, -0.2) is 9.48 Å². The fraction of sp³-hybridized carbons (Fsp3) is 0.500. The number of fused-ring (bicyclic) bond motifs is 2. The van der Waals surface area contributed by atoms with Crippen molar-refractivity contribution in [3.63, 3.8) is 0 Å². The summed E-state index contributed by atoms with van der Waals surface area (Å²) in [4.78, 5) is 27.9. The first-order chi connectivity index (χ1) is 16.7. The molecule has 13 heteroatoms. The Hall–Kier alpha value is -3.64. The van der Waals surface area contributed by atoms with Crippen LogP contribution in [-0.2, 0) is 4.74 Å². The van der Waals surface area contributed by atoms with Crippen LogP contribution in [0.25, 0.3) is 0 Å². The van der Waals surface area contributed by atoms with Crippen molar-refractivity contribution >= 4 is 17.8 Å². The maximum Gasteiger partial charge on any atom is 0.410 e. The first-order valence-corrected chi connectivity index (χ1v) is 11.3. The molecular formula is C22H24F3N5O5. The molecular weight excluding hydrogens is 471 g/mol. The van der Waals surface area contributed by atoms with Crippen LogP contribution in [0.1, 0.15) is 41.5 Å². The molecule has 2 amide bonds. The van der Waals surface area contributed by atoms with Crippen molar-refractivity contribution in [3.8, 4) is 11.5 Å². The van der Waals surface area contributed by atoms with Crippen LogP contribution in [0.5, 0.6) is 11.5 Å². The third-order valence-electron chi connectivity index (χ3n) is 6.30. The number of nitrogens with one attached hydrogen (secondary N) is 1. The van der Waals surface area contributed by atoms with Crippen molar-refractivity contribution in [2.45, 2.75) is 31.6 Å². The predicted octanol–water partition coefficient (Wildman–Crippen LogP) is 3.19. The Labute approximate surface area is 198 Å². The fourth-order valence-electron chi connectivity index (χ4n) is 4.50. The molecule has 1 aromatic carbocycles. The van der Waals surface area contributed by atoms with Gasteiger partial charge in [0.2, 0.25) is 6.79 Å². The van der Waals surface area contributed by atoms with Crippen LogP contribution in [0.3, 0.4) is 0 Å². The van der Waals surface area contributed by atoms with E-state index < -0.39 is 30.3 Å². The molecule has 0 aliphatic carbocycles. The second-order valence-corrected chi connectivity index (χ2v) is 8.44. The van der Waals surface area contributed by atoms with Gasteiger partial charge in [0, 0.05) is 38.7 Å². The number of rotatable bonds is 3. The van der Waals surface area contributed by atoms with Crippen LogP contribution in [0.2, 0.25) is 0 Å². The van der Waals surface area contributed by atoms with Gasteiger partial charge in [0.05, 0.1) is 12.6 Å². The van der Waals surface area contributed by atoms with Crippen molar-refractivity contribution < 1.29 is 37.0 Å². The minimum absolute atomic E-state index is 0.0638. The standard InChI is InChI=1S/C22H24F3N5O5/c1-2-33-21(32)29-7-5-28(6-8-29)20(31)15-11-19-26-14(10-18(22(23,24)25)30(19)27-15)13-3-4-16-17(9-13)35-12-34-16/h3-4,9,11,14,18,26H,2,5-8,10,12H2,1H3/t14-,18+/m1/s1. The van der Waals surface area contributed by atoms with Crippen molar-refractivity contribution in [1.29, 1.82) is 0 Å². The molecule has 5 rings (SSSR count). The Kier molecular flexibility index (Phi) is 5.85. The summed E-state index contributed by atoms with van der Waals surface area (Å²) in [6, 6.07) is 3.79. The Bertz CT molecular complexity index is 1130. The van der Waals surface area contributed by atoms with Gasteiger partial charge in [-0.2, -0.15) is 18.3 Å². The van der Waals surface area contributed by atoms with Crippen LogP contribution < -0.4 is 14.8 Å². The monoisotopic (exact) mass is 495 g/mol. The number of nitrogens with zero attached hydrogens (tertiary/aromatic N) is 4.